The molecule has 0 aliphatic carbocycles. The van der Waals surface area contributed by atoms with Gasteiger partial charge in [0.05, 0.1) is 23.4 Å². The summed E-state index contributed by atoms with van der Waals surface area (Å²) in [5.74, 6) is -0.358. The molecule has 13 heteroatoms. The number of aromatic nitrogens is 1. The van der Waals surface area contributed by atoms with E-state index in [4.69, 9.17) is 4.42 Å². The quantitative estimate of drug-likeness (QED) is 0.340. The highest BCUT2D eigenvalue weighted by atomic mass is 19.4. The number of aromatic hydroxyl groups is 1. The molecule has 2 aromatic heterocycles. The lowest BCUT2D eigenvalue weighted by Crippen LogP contribution is -2.22. The van der Waals surface area contributed by atoms with Crippen molar-refractivity contribution >= 4 is 17.1 Å². The second kappa shape index (κ2) is 8.34. The van der Waals surface area contributed by atoms with Crippen LogP contribution < -0.4 is 5.56 Å². The summed E-state index contributed by atoms with van der Waals surface area (Å²) < 4.78 is 45.4. The Kier molecular flexibility index (Phi) is 5.79. The van der Waals surface area contributed by atoms with E-state index in [1.54, 1.807) is 12.1 Å². The molecule has 10 nitrogen and oxygen atoms in total. The maximum atomic E-state index is 13.2. The Balaban J connectivity index is 2.12. The SMILES string of the molecule is Cc1c(C#N)c(O)n(Cc2ccco2)c(=O)c1N=Nc1ccc([N+](=O)[O-])c(C(F)(F)F)c1. The van der Waals surface area contributed by atoms with Crippen molar-refractivity contribution < 1.29 is 27.6 Å². The summed E-state index contributed by atoms with van der Waals surface area (Å²) in [6.45, 7) is 1.06. The van der Waals surface area contributed by atoms with Gasteiger partial charge in [-0.3, -0.25) is 19.5 Å². The van der Waals surface area contributed by atoms with Crippen LogP contribution in [0.1, 0.15) is 22.5 Å². The van der Waals surface area contributed by atoms with Crippen molar-refractivity contribution in [3.8, 4) is 11.9 Å². The number of hydrogen-bond donors (Lipinski definition) is 1. The second-order valence-electron chi connectivity index (χ2n) is 6.41. The topological polar surface area (TPSA) is 147 Å². The van der Waals surface area contributed by atoms with Crippen molar-refractivity contribution in [1.29, 1.82) is 5.26 Å². The van der Waals surface area contributed by atoms with Crippen LogP contribution in [0.3, 0.4) is 0 Å². The lowest BCUT2D eigenvalue weighted by atomic mass is 10.1. The number of nitro groups is 1. The molecule has 1 aromatic carbocycles. The molecule has 3 rings (SSSR count). The smallest absolute Gasteiger partial charge is 0.423 e. The summed E-state index contributed by atoms with van der Waals surface area (Å²) in [6.07, 6.45) is -3.68. The Morgan fingerprint density at radius 3 is 2.59 bits per heavy atom. The molecule has 0 aliphatic rings. The number of alkyl halides is 3. The Bertz CT molecular complexity index is 1320. The molecule has 0 bridgehead atoms. The van der Waals surface area contributed by atoms with E-state index in [9.17, 15) is 38.4 Å². The van der Waals surface area contributed by atoms with Gasteiger partial charge in [0.2, 0.25) is 5.88 Å². The lowest BCUT2D eigenvalue weighted by molar-refractivity contribution is -0.388. The van der Waals surface area contributed by atoms with E-state index in [1.807, 2.05) is 0 Å². The summed E-state index contributed by atoms with van der Waals surface area (Å²) in [5, 5.41) is 37.8. The fourth-order valence-electron chi connectivity index (χ4n) is 2.84. The normalized spacial score (nSPS) is 11.6. The Hall–Kier alpha value is -4.47. The van der Waals surface area contributed by atoms with Gasteiger partial charge in [-0.15, -0.1) is 5.11 Å². The van der Waals surface area contributed by atoms with Gasteiger partial charge >= 0.3 is 6.18 Å². The number of benzene rings is 1. The molecule has 3 aromatic rings. The van der Waals surface area contributed by atoms with Crippen LogP contribution in [0.25, 0.3) is 0 Å². The zero-order valence-electron chi connectivity index (χ0n) is 16.1. The van der Waals surface area contributed by atoms with Crippen molar-refractivity contribution in [3.05, 3.63) is 79.5 Å². The van der Waals surface area contributed by atoms with Crippen LogP contribution in [0.4, 0.5) is 30.2 Å². The standard InChI is InChI=1S/C19H12F3N5O5/c1-10-13(8-23)17(28)26(9-12-3-2-6-32-12)18(29)16(10)25-24-11-4-5-15(27(30)31)14(7-11)19(20,21)22/h2-7,28H,9H2,1H3. The van der Waals surface area contributed by atoms with Gasteiger partial charge in [0.15, 0.2) is 5.69 Å². The molecule has 164 valence electrons. The highest BCUT2D eigenvalue weighted by Crippen LogP contribution is 2.38. The number of nitro benzene ring substituents is 1. The minimum Gasteiger partial charge on any atom is -0.493 e. The predicted molar refractivity (Wildman–Crippen MR) is 102 cm³/mol. The van der Waals surface area contributed by atoms with Gasteiger partial charge in [-0.1, -0.05) is 0 Å². The molecule has 0 amide bonds. The van der Waals surface area contributed by atoms with Crippen molar-refractivity contribution in [3.63, 3.8) is 0 Å². The van der Waals surface area contributed by atoms with Crippen molar-refractivity contribution in [1.82, 2.24) is 4.57 Å². The van der Waals surface area contributed by atoms with E-state index in [-0.39, 0.29) is 23.4 Å². The van der Waals surface area contributed by atoms with E-state index >= 15 is 0 Å². The largest absolute Gasteiger partial charge is 0.493 e. The first-order valence-corrected chi connectivity index (χ1v) is 8.70. The van der Waals surface area contributed by atoms with E-state index in [2.05, 4.69) is 10.2 Å². The van der Waals surface area contributed by atoms with Crippen LogP contribution in [0.5, 0.6) is 5.88 Å². The molecule has 0 saturated heterocycles. The first kappa shape index (κ1) is 22.2. The van der Waals surface area contributed by atoms with Gasteiger partial charge in [0.1, 0.15) is 23.0 Å². The van der Waals surface area contributed by atoms with Crippen LogP contribution in [-0.2, 0) is 12.7 Å². The van der Waals surface area contributed by atoms with E-state index in [0.29, 0.717) is 12.1 Å². The maximum absolute atomic E-state index is 13.2. The molecule has 0 unspecified atom stereocenters. The highest BCUT2D eigenvalue weighted by Gasteiger charge is 2.38. The molecule has 0 spiro atoms. The number of nitrogens with zero attached hydrogens (tertiary/aromatic N) is 5. The molecule has 0 atom stereocenters. The molecule has 32 heavy (non-hydrogen) atoms. The Labute approximate surface area is 176 Å². The third-order valence-electron chi connectivity index (χ3n) is 4.41. The summed E-state index contributed by atoms with van der Waals surface area (Å²) in [4.78, 5) is 22.5. The molecule has 2 heterocycles. The van der Waals surface area contributed by atoms with Crippen molar-refractivity contribution in [2.45, 2.75) is 19.6 Å². The molecule has 1 N–H and O–H groups in total. The van der Waals surface area contributed by atoms with Crippen LogP contribution >= 0.6 is 0 Å². The van der Waals surface area contributed by atoms with Gasteiger partial charge in [0.25, 0.3) is 11.2 Å². The summed E-state index contributed by atoms with van der Waals surface area (Å²) >= 11 is 0. The summed E-state index contributed by atoms with van der Waals surface area (Å²) in [5.41, 5.74) is -4.72. The summed E-state index contributed by atoms with van der Waals surface area (Å²) in [6, 6.07) is 6.77. The fraction of sp³-hybridized carbons (Fsp3) is 0.158. The third kappa shape index (κ3) is 4.19. The zero-order chi connectivity index (χ0) is 23.6. The molecule has 0 saturated carbocycles. The number of halogens is 3. The van der Waals surface area contributed by atoms with Gasteiger partial charge in [0, 0.05) is 11.6 Å². The number of azo groups is 1. The second-order valence-corrected chi connectivity index (χ2v) is 6.41. The van der Waals surface area contributed by atoms with Crippen LogP contribution in [0.15, 0.2) is 56.0 Å². The van der Waals surface area contributed by atoms with Crippen LogP contribution in [0.2, 0.25) is 0 Å². The van der Waals surface area contributed by atoms with Crippen LogP contribution in [-0.4, -0.2) is 14.6 Å². The Morgan fingerprint density at radius 2 is 2.03 bits per heavy atom. The fourth-order valence-corrected chi connectivity index (χ4v) is 2.84. The molecule has 0 radical (unpaired) electrons. The van der Waals surface area contributed by atoms with E-state index < -0.39 is 45.2 Å². The highest BCUT2D eigenvalue weighted by molar-refractivity contribution is 5.57. The molecule has 0 fully saturated rings. The first-order chi connectivity index (χ1) is 15.0. The zero-order valence-corrected chi connectivity index (χ0v) is 16.1. The number of nitriles is 1. The van der Waals surface area contributed by atoms with E-state index in [1.165, 1.54) is 19.3 Å². The lowest BCUT2D eigenvalue weighted by Gasteiger charge is -2.12. The first-order valence-electron chi connectivity index (χ1n) is 8.70. The monoisotopic (exact) mass is 447 g/mol. The average molecular weight is 447 g/mol. The number of hydrogen-bond acceptors (Lipinski definition) is 8. The third-order valence-corrected chi connectivity index (χ3v) is 4.41. The average Bonchev–Trinajstić information content (AvgIpc) is 3.24. The number of furan rings is 1. The number of rotatable bonds is 5. The van der Waals surface area contributed by atoms with Gasteiger partial charge in [-0.05, 0) is 31.2 Å². The predicted octanol–water partition coefficient (Wildman–Crippen LogP) is 4.72. The van der Waals surface area contributed by atoms with E-state index in [0.717, 1.165) is 10.6 Å². The minimum absolute atomic E-state index is 0.0487. The minimum atomic E-state index is -5.02. The molecule has 0 aliphatic heterocycles. The van der Waals surface area contributed by atoms with Crippen LogP contribution in [0, 0.1) is 28.4 Å². The molecular weight excluding hydrogens is 435 g/mol. The van der Waals surface area contributed by atoms with Gasteiger partial charge < -0.3 is 9.52 Å². The maximum Gasteiger partial charge on any atom is 0.423 e. The molecular formula is C19H12F3N5O5. The Morgan fingerprint density at radius 1 is 1.31 bits per heavy atom. The van der Waals surface area contributed by atoms with Gasteiger partial charge in [-0.25, -0.2) is 0 Å². The van der Waals surface area contributed by atoms with Gasteiger partial charge in [-0.2, -0.15) is 23.5 Å². The van der Waals surface area contributed by atoms with Crippen molar-refractivity contribution in [2.24, 2.45) is 10.2 Å². The number of pyridine rings is 1. The summed E-state index contributed by atoms with van der Waals surface area (Å²) in [7, 11) is 0. The van der Waals surface area contributed by atoms with Crippen molar-refractivity contribution in [2.75, 3.05) is 0 Å².